The van der Waals surface area contributed by atoms with Gasteiger partial charge in [0, 0.05) is 18.3 Å². The molecule has 0 radical (unpaired) electrons. The molecule has 2 aromatic heterocycles. The SMILES string of the molecule is O=C(NCc1cnn(-c2ccccc2)c1)c1ccco1. The number of carbonyl (C=O) groups excluding carboxylic acids is 1. The summed E-state index contributed by atoms with van der Waals surface area (Å²) in [5.41, 5.74) is 1.91. The van der Waals surface area contributed by atoms with Crippen molar-refractivity contribution in [2.45, 2.75) is 6.54 Å². The Balaban J connectivity index is 1.65. The zero-order chi connectivity index (χ0) is 13.8. The molecule has 5 nitrogen and oxygen atoms in total. The number of amides is 1. The van der Waals surface area contributed by atoms with E-state index in [1.54, 1.807) is 23.0 Å². The molecule has 0 atom stereocenters. The first-order chi connectivity index (χ1) is 9.83. The Morgan fingerprint density at radius 3 is 2.80 bits per heavy atom. The number of rotatable bonds is 4. The molecule has 3 rings (SSSR count). The second kappa shape index (κ2) is 5.44. The molecule has 5 heteroatoms. The van der Waals surface area contributed by atoms with E-state index in [0.29, 0.717) is 12.3 Å². The number of para-hydroxylation sites is 1. The molecule has 20 heavy (non-hydrogen) atoms. The van der Waals surface area contributed by atoms with Crippen LogP contribution in [-0.4, -0.2) is 15.7 Å². The van der Waals surface area contributed by atoms with E-state index in [-0.39, 0.29) is 5.91 Å². The molecule has 0 saturated carbocycles. The maximum Gasteiger partial charge on any atom is 0.287 e. The van der Waals surface area contributed by atoms with Crippen LogP contribution in [0.2, 0.25) is 0 Å². The number of hydrogen-bond acceptors (Lipinski definition) is 3. The van der Waals surface area contributed by atoms with Crippen LogP contribution in [0.25, 0.3) is 5.69 Å². The minimum atomic E-state index is -0.234. The molecule has 3 aromatic rings. The van der Waals surface area contributed by atoms with Crippen LogP contribution >= 0.6 is 0 Å². The third-order valence-electron chi connectivity index (χ3n) is 2.85. The predicted molar refractivity (Wildman–Crippen MR) is 73.4 cm³/mol. The third kappa shape index (κ3) is 2.61. The van der Waals surface area contributed by atoms with Crippen LogP contribution in [0.3, 0.4) is 0 Å². The fourth-order valence-corrected chi connectivity index (χ4v) is 1.85. The predicted octanol–water partition coefficient (Wildman–Crippen LogP) is 2.40. The van der Waals surface area contributed by atoms with Gasteiger partial charge in [0.1, 0.15) is 0 Å². The first kappa shape index (κ1) is 12.2. The minimum Gasteiger partial charge on any atom is -0.459 e. The van der Waals surface area contributed by atoms with Crippen LogP contribution < -0.4 is 5.32 Å². The van der Waals surface area contributed by atoms with Crippen molar-refractivity contribution in [1.29, 1.82) is 0 Å². The molecule has 0 aliphatic heterocycles. The topological polar surface area (TPSA) is 60.1 Å². The van der Waals surface area contributed by atoms with Crippen LogP contribution in [0.4, 0.5) is 0 Å². The summed E-state index contributed by atoms with van der Waals surface area (Å²) in [5.74, 6) is 0.0721. The highest BCUT2D eigenvalue weighted by Gasteiger charge is 2.08. The summed E-state index contributed by atoms with van der Waals surface area (Å²) >= 11 is 0. The van der Waals surface area contributed by atoms with Crippen molar-refractivity contribution in [3.05, 3.63) is 72.4 Å². The summed E-state index contributed by atoms with van der Waals surface area (Å²) in [6.45, 7) is 0.409. The van der Waals surface area contributed by atoms with Crippen molar-refractivity contribution >= 4 is 5.91 Å². The molecule has 0 bridgehead atoms. The summed E-state index contributed by atoms with van der Waals surface area (Å²) in [7, 11) is 0. The van der Waals surface area contributed by atoms with Crippen LogP contribution in [0.5, 0.6) is 0 Å². The van der Waals surface area contributed by atoms with Crippen molar-refractivity contribution in [1.82, 2.24) is 15.1 Å². The number of furan rings is 1. The van der Waals surface area contributed by atoms with Gasteiger partial charge in [0.25, 0.3) is 5.91 Å². The molecule has 1 N–H and O–H groups in total. The van der Waals surface area contributed by atoms with E-state index in [9.17, 15) is 4.79 Å². The third-order valence-corrected chi connectivity index (χ3v) is 2.85. The average molecular weight is 267 g/mol. The lowest BCUT2D eigenvalue weighted by molar-refractivity contribution is 0.0923. The minimum absolute atomic E-state index is 0.234. The van der Waals surface area contributed by atoms with E-state index >= 15 is 0 Å². The number of carbonyl (C=O) groups is 1. The highest BCUT2D eigenvalue weighted by molar-refractivity contribution is 5.91. The van der Waals surface area contributed by atoms with E-state index < -0.39 is 0 Å². The summed E-state index contributed by atoms with van der Waals surface area (Å²) in [5, 5.41) is 7.05. The van der Waals surface area contributed by atoms with E-state index in [4.69, 9.17) is 4.42 Å². The molecular formula is C15H13N3O2. The second-order valence-corrected chi connectivity index (χ2v) is 4.29. The maximum absolute atomic E-state index is 11.7. The number of aromatic nitrogens is 2. The van der Waals surface area contributed by atoms with Gasteiger partial charge in [-0.3, -0.25) is 4.79 Å². The number of benzene rings is 1. The lowest BCUT2D eigenvalue weighted by Crippen LogP contribution is -2.21. The molecule has 0 aliphatic rings. The quantitative estimate of drug-likeness (QED) is 0.789. The van der Waals surface area contributed by atoms with Gasteiger partial charge in [-0.15, -0.1) is 0 Å². The van der Waals surface area contributed by atoms with Crippen LogP contribution in [-0.2, 0) is 6.54 Å². The van der Waals surface area contributed by atoms with Crippen LogP contribution in [0.1, 0.15) is 16.1 Å². The Bertz CT molecular complexity index is 687. The molecule has 1 aromatic carbocycles. The maximum atomic E-state index is 11.7. The van der Waals surface area contributed by atoms with Gasteiger partial charge in [-0.05, 0) is 24.3 Å². The lowest BCUT2D eigenvalue weighted by Gasteiger charge is -2.01. The first-order valence-corrected chi connectivity index (χ1v) is 6.23. The second-order valence-electron chi connectivity index (χ2n) is 4.29. The van der Waals surface area contributed by atoms with Crippen molar-refractivity contribution in [3.63, 3.8) is 0 Å². The molecule has 1 amide bonds. The molecule has 0 fully saturated rings. The highest BCUT2D eigenvalue weighted by atomic mass is 16.3. The van der Waals surface area contributed by atoms with Gasteiger partial charge >= 0.3 is 0 Å². The smallest absolute Gasteiger partial charge is 0.287 e. The van der Waals surface area contributed by atoms with Gasteiger partial charge in [-0.2, -0.15) is 5.10 Å². The van der Waals surface area contributed by atoms with E-state index in [1.807, 2.05) is 36.5 Å². The molecule has 2 heterocycles. The average Bonchev–Trinajstić information content (AvgIpc) is 3.17. The van der Waals surface area contributed by atoms with Gasteiger partial charge in [0.2, 0.25) is 0 Å². The van der Waals surface area contributed by atoms with E-state index in [2.05, 4.69) is 10.4 Å². The Morgan fingerprint density at radius 1 is 1.20 bits per heavy atom. The van der Waals surface area contributed by atoms with E-state index in [0.717, 1.165) is 11.3 Å². The fraction of sp³-hybridized carbons (Fsp3) is 0.0667. The Kier molecular flexibility index (Phi) is 3.33. The van der Waals surface area contributed by atoms with Crippen LogP contribution in [0.15, 0.2) is 65.5 Å². The number of hydrogen-bond donors (Lipinski definition) is 1. The highest BCUT2D eigenvalue weighted by Crippen LogP contribution is 2.08. The molecular weight excluding hydrogens is 254 g/mol. The zero-order valence-corrected chi connectivity index (χ0v) is 10.7. The van der Waals surface area contributed by atoms with Crippen molar-refractivity contribution in [3.8, 4) is 5.69 Å². The number of nitrogens with zero attached hydrogens (tertiary/aromatic N) is 2. The van der Waals surface area contributed by atoms with Gasteiger partial charge < -0.3 is 9.73 Å². The lowest BCUT2D eigenvalue weighted by atomic mass is 10.3. The number of nitrogens with one attached hydrogen (secondary N) is 1. The summed E-state index contributed by atoms with van der Waals surface area (Å²) in [6.07, 6.45) is 5.09. The molecule has 0 unspecified atom stereocenters. The Hall–Kier alpha value is -2.82. The summed E-state index contributed by atoms with van der Waals surface area (Å²) < 4.78 is 6.80. The normalized spacial score (nSPS) is 10.4. The monoisotopic (exact) mass is 267 g/mol. The van der Waals surface area contributed by atoms with Gasteiger partial charge in [-0.25, -0.2) is 4.68 Å². The molecule has 100 valence electrons. The molecule has 0 saturated heterocycles. The largest absolute Gasteiger partial charge is 0.459 e. The van der Waals surface area contributed by atoms with Crippen LogP contribution in [0, 0.1) is 0 Å². The van der Waals surface area contributed by atoms with Crippen molar-refractivity contribution in [2.24, 2.45) is 0 Å². The Labute approximate surface area is 115 Å². The fourth-order valence-electron chi connectivity index (χ4n) is 1.85. The first-order valence-electron chi connectivity index (χ1n) is 6.23. The molecule has 0 aliphatic carbocycles. The summed E-state index contributed by atoms with van der Waals surface area (Å²) in [6, 6.07) is 13.1. The van der Waals surface area contributed by atoms with E-state index in [1.165, 1.54) is 6.26 Å². The van der Waals surface area contributed by atoms with Gasteiger partial charge in [0.15, 0.2) is 5.76 Å². The van der Waals surface area contributed by atoms with Gasteiger partial charge in [-0.1, -0.05) is 18.2 Å². The zero-order valence-electron chi connectivity index (χ0n) is 10.7. The standard InChI is InChI=1S/C15H13N3O2/c19-15(14-7-4-8-20-14)16-9-12-10-17-18(11-12)13-5-2-1-3-6-13/h1-8,10-11H,9H2,(H,16,19). The summed E-state index contributed by atoms with van der Waals surface area (Å²) in [4.78, 5) is 11.7. The Morgan fingerprint density at radius 2 is 2.05 bits per heavy atom. The van der Waals surface area contributed by atoms with Crippen molar-refractivity contribution in [2.75, 3.05) is 0 Å². The van der Waals surface area contributed by atoms with Gasteiger partial charge in [0.05, 0.1) is 18.1 Å². The molecule has 0 spiro atoms. The van der Waals surface area contributed by atoms with Crippen molar-refractivity contribution < 1.29 is 9.21 Å².